The van der Waals surface area contributed by atoms with Crippen LogP contribution in [0.1, 0.15) is 48.3 Å². The van der Waals surface area contributed by atoms with E-state index >= 15 is 0 Å². The van der Waals surface area contributed by atoms with E-state index in [0.29, 0.717) is 30.6 Å². The molecule has 1 fully saturated rings. The van der Waals surface area contributed by atoms with Gasteiger partial charge in [-0.05, 0) is 44.9 Å². The van der Waals surface area contributed by atoms with Gasteiger partial charge in [-0.2, -0.15) is 0 Å². The first-order valence-electron chi connectivity index (χ1n) is 8.58. The number of aromatic nitrogens is 1. The highest BCUT2D eigenvalue weighted by Crippen LogP contribution is 2.42. The van der Waals surface area contributed by atoms with Crippen molar-refractivity contribution in [2.24, 2.45) is 0 Å². The molecule has 6 heteroatoms. The van der Waals surface area contributed by atoms with Crippen molar-refractivity contribution in [1.29, 1.82) is 0 Å². The van der Waals surface area contributed by atoms with Crippen LogP contribution in [0, 0.1) is 6.92 Å². The van der Waals surface area contributed by atoms with Crippen molar-refractivity contribution in [3.8, 4) is 5.75 Å². The summed E-state index contributed by atoms with van der Waals surface area (Å²) in [5, 5.41) is 0.756. The molecule has 0 atom stereocenters. The second-order valence-electron chi connectivity index (χ2n) is 6.15. The summed E-state index contributed by atoms with van der Waals surface area (Å²) in [5.74, 6) is -0.306. The summed E-state index contributed by atoms with van der Waals surface area (Å²) in [6.45, 7) is 4.71. The molecule has 0 amide bonds. The van der Waals surface area contributed by atoms with Crippen LogP contribution in [0.15, 0.2) is 18.2 Å². The van der Waals surface area contributed by atoms with Gasteiger partial charge in [0.05, 0.1) is 25.7 Å². The number of nitrogens with zero attached hydrogens (tertiary/aromatic N) is 1. The molecule has 1 aromatic carbocycles. The molecule has 1 saturated carbocycles. The third-order valence-corrected chi connectivity index (χ3v) is 4.41. The number of hydrogen-bond acceptors (Lipinski definition) is 5. The van der Waals surface area contributed by atoms with Crippen molar-refractivity contribution in [2.75, 3.05) is 20.3 Å². The fraction of sp³-hybridized carbons (Fsp3) is 0.474. The maximum Gasteiger partial charge on any atom is 0.340 e. The van der Waals surface area contributed by atoms with Crippen molar-refractivity contribution >= 4 is 22.8 Å². The van der Waals surface area contributed by atoms with Crippen molar-refractivity contribution < 1.29 is 23.8 Å². The van der Waals surface area contributed by atoms with Gasteiger partial charge in [-0.3, -0.25) is 4.79 Å². The Morgan fingerprint density at radius 1 is 1.28 bits per heavy atom. The van der Waals surface area contributed by atoms with Crippen LogP contribution in [-0.2, 0) is 14.3 Å². The van der Waals surface area contributed by atoms with Gasteiger partial charge in [0.1, 0.15) is 5.75 Å². The van der Waals surface area contributed by atoms with E-state index in [1.807, 2.05) is 19.9 Å². The molecule has 1 aliphatic carbocycles. The molecule has 0 N–H and O–H groups in total. The predicted octanol–water partition coefficient (Wildman–Crippen LogP) is 3.40. The number of hydrogen-bond donors (Lipinski definition) is 0. The molecule has 3 rings (SSSR count). The second-order valence-corrected chi connectivity index (χ2v) is 6.15. The number of fused-ring (bicyclic) bond motifs is 1. The number of carbonyl (C=O) groups excluding carboxylic acids is 2. The van der Waals surface area contributed by atoms with Crippen LogP contribution in [0.25, 0.3) is 10.9 Å². The van der Waals surface area contributed by atoms with Crippen LogP contribution in [0.5, 0.6) is 5.75 Å². The van der Waals surface area contributed by atoms with Crippen LogP contribution in [0.4, 0.5) is 0 Å². The summed E-state index contributed by atoms with van der Waals surface area (Å²) in [5.41, 5.74) is 2.40. The average molecular weight is 345 g/mol. The molecule has 6 nitrogen and oxygen atoms in total. The van der Waals surface area contributed by atoms with Gasteiger partial charge in [-0.25, -0.2) is 4.79 Å². The zero-order valence-electron chi connectivity index (χ0n) is 14.8. The normalized spacial score (nSPS) is 13.9. The number of benzene rings is 1. The van der Waals surface area contributed by atoms with E-state index in [9.17, 15) is 9.59 Å². The largest absolute Gasteiger partial charge is 0.465 e. The van der Waals surface area contributed by atoms with Crippen LogP contribution in [0.3, 0.4) is 0 Å². The molecule has 0 radical (unpaired) electrons. The zero-order valence-corrected chi connectivity index (χ0v) is 14.8. The van der Waals surface area contributed by atoms with Gasteiger partial charge in [0.15, 0.2) is 0 Å². The first-order chi connectivity index (χ1) is 12.1. The minimum absolute atomic E-state index is 0.192. The van der Waals surface area contributed by atoms with E-state index in [-0.39, 0.29) is 18.4 Å². The fourth-order valence-corrected chi connectivity index (χ4v) is 3.13. The molecule has 25 heavy (non-hydrogen) atoms. The number of carbonyl (C=O) groups is 2. The minimum atomic E-state index is -0.373. The minimum Gasteiger partial charge on any atom is -0.465 e. The molecule has 0 spiro atoms. The summed E-state index contributed by atoms with van der Waals surface area (Å²) < 4.78 is 17.7. The summed E-state index contributed by atoms with van der Waals surface area (Å²) in [7, 11) is 1.37. The topological polar surface area (TPSA) is 66.8 Å². The zero-order chi connectivity index (χ0) is 18.0. The first-order valence-corrected chi connectivity index (χ1v) is 8.58. The Hall–Kier alpha value is -2.34. The van der Waals surface area contributed by atoms with Crippen LogP contribution in [-0.4, -0.2) is 36.8 Å². The predicted molar refractivity (Wildman–Crippen MR) is 93.0 cm³/mol. The van der Waals surface area contributed by atoms with Gasteiger partial charge in [0, 0.05) is 29.2 Å². The standard InChI is InChI=1S/C19H23NO5/c1-4-24-10-9-17(21)25-14-7-8-16-15(11-14)18(19(22)23-3)12(2)20(16)13-5-6-13/h7-8,11,13H,4-6,9-10H2,1-3H3. The maximum atomic E-state index is 12.3. The highest BCUT2D eigenvalue weighted by atomic mass is 16.5. The fourth-order valence-electron chi connectivity index (χ4n) is 3.13. The molecule has 0 saturated heterocycles. The Morgan fingerprint density at radius 3 is 2.68 bits per heavy atom. The van der Waals surface area contributed by atoms with Gasteiger partial charge >= 0.3 is 11.9 Å². The van der Waals surface area contributed by atoms with E-state index in [1.165, 1.54) is 7.11 Å². The lowest BCUT2D eigenvalue weighted by atomic mass is 10.1. The van der Waals surface area contributed by atoms with Crippen molar-refractivity contribution in [3.63, 3.8) is 0 Å². The molecule has 1 aromatic heterocycles. The SMILES string of the molecule is CCOCCC(=O)Oc1ccc2c(c1)c(C(=O)OC)c(C)n2C1CC1. The molecule has 0 aliphatic heterocycles. The quantitative estimate of drug-likeness (QED) is 0.437. The van der Waals surface area contributed by atoms with E-state index in [1.54, 1.807) is 12.1 Å². The molecule has 0 bridgehead atoms. The third-order valence-electron chi connectivity index (χ3n) is 4.41. The lowest BCUT2D eigenvalue weighted by molar-refractivity contribution is -0.135. The molecule has 1 heterocycles. The third kappa shape index (κ3) is 3.54. The highest BCUT2D eigenvalue weighted by Gasteiger charge is 2.30. The Morgan fingerprint density at radius 2 is 2.04 bits per heavy atom. The summed E-state index contributed by atoms with van der Waals surface area (Å²) in [6, 6.07) is 5.84. The maximum absolute atomic E-state index is 12.3. The highest BCUT2D eigenvalue weighted by molar-refractivity contribution is 6.06. The summed E-state index contributed by atoms with van der Waals surface area (Å²) >= 11 is 0. The first kappa shape index (κ1) is 17.5. The lowest BCUT2D eigenvalue weighted by Gasteiger charge is -2.07. The van der Waals surface area contributed by atoms with E-state index in [4.69, 9.17) is 14.2 Å². The Kier molecular flexibility index (Phi) is 5.08. The smallest absolute Gasteiger partial charge is 0.340 e. The van der Waals surface area contributed by atoms with Crippen molar-refractivity contribution in [2.45, 2.75) is 39.2 Å². The van der Waals surface area contributed by atoms with Gasteiger partial charge in [-0.15, -0.1) is 0 Å². The second kappa shape index (κ2) is 7.27. The molecule has 134 valence electrons. The number of methoxy groups -OCH3 is 1. The molecular formula is C19H23NO5. The average Bonchev–Trinajstić information content (AvgIpc) is 3.38. The Labute approximate surface area is 146 Å². The lowest BCUT2D eigenvalue weighted by Crippen LogP contribution is -2.11. The molecule has 2 aromatic rings. The number of ether oxygens (including phenoxy) is 3. The van der Waals surface area contributed by atoms with Crippen LogP contribution in [0.2, 0.25) is 0 Å². The van der Waals surface area contributed by atoms with E-state index < -0.39 is 0 Å². The van der Waals surface area contributed by atoms with Crippen LogP contribution >= 0.6 is 0 Å². The summed E-state index contributed by atoms with van der Waals surface area (Å²) in [4.78, 5) is 24.1. The monoisotopic (exact) mass is 345 g/mol. The summed E-state index contributed by atoms with van der Waals surface area (Å²) in [6.07, 6.45) is 2.41. The molecule has 0 unspecified atom stereocenters. The molecule has 1 aliphatic rings. The number of esters is 2. The van der Waals surface area contributed by atoms with E-state index in [2.05, 4.69) is 4.57 Å². The Balaban J connectivity index is 1.93. The molecular weight excluding hydrogens is 322 g/mol. The van der Waals surface area contributed by atoms with Gasteiger partial charge < -0.3 is 18.8 Å². The number of rotatable bonds is 7. The van der Waals surface area contributed by atoms with E-state index in [0.717, 1.165) is 29.4 Å². The van der Waals surface area contributed by atoms with Crippen molar-refractivity contribution in [1.82, 2.24) is 4.57 Å². The van der Waals surface area contributed by atoms with Gasteiger partial charge in [-0.1, -0.05) is 0 Å². The Bertz CT molecular complexity index is 804. The van der Waals surface area contributed by atoms with Crippen LogP contribution < -0.4 is 4.74 Å². The van der Waals surface area contributed by atoms with Gasteiger partial charge in [0.2, 0.25) is 0 Å². The van der Waals surface area contributed by atoms with Crippen molar-refractivity contribution in [3.05, 3.63) is 29.5 Å². The van der Waals surface area contributed by atoms with Gasteiger partial charge in [0.25, 0.3) is 0 Å².